The Hall–Kier alpha value is -3.27. The highest BCUT2D eigenvalue weighted by atomic mass is 16.5. The summed E-state index contributed by atoms with van der Waals surface area (Å²) >= 11 is 0. The van der Waals surface area contributed by atoms with Crippen LogP contribution in [0.25, 0.3) is 0 Å². The molecular formula is C42H66N4O5. The van der Waals surface area contributed by atoms with E-state index in [2.05, 4.69) is 29.1 Å². The van der Waals surface area contributed by atoms with Crippen molar-refractivity contribution in [1.29, 1.82) is 0 Å². The minimum Gasteiger partial charge on any atom is -0.475 e. The zero-order chi connectivity index (χ0) is 36.4. The van der Waals surface area contributed by atoms with Gasteiger partial charge in [-0.15, -0.1) is 0 Å². The first kappa shape index (κ1) is 42.1. The summed E-state index contributed by atoms with van der Waals surface area (Å²) in [5, 5.41) is 3.06. The predicted octanol–water partition coefficient (Wildman–Crippen LogP) is 8.03. The van der Waals surface area contributed by atoms with Crippen LogP contribution >= 0.6 is 0 Å². The summed E-state index contributed by atoms with van der Waals surface area (Å²) < 4.78 is 22.9. The van der Waals surface area contributed by atoms with Crippen LogP contribution in [0, 0.1) is 0 Å². The maximum absolute atomic E-state index is 11.4. The molecule has 51 heavy (non-hydrogen) atoms. The Kier molecular flexibility index (Phi) is 21.9. The van der Waals surface area contributed by atoms with Gasteiger partial charge in [-0.2, -0.15) is 0 Å². The normalized spacial score (nSPS) is 17.7. The quantitative estimate of drug-likeness (QED) is 0.101. The van der Waals surface area contributed by atoms with E-state index in [9.17, 15) is 4.79 Å². The van der Waals surface area contributed by atoms with Gasteiger partial charge >= 0.3 is 0 Å². The van der Waals surface area contributed by atoms with Crippen molar-refractivity contribution < 1.29 is 23.7 Å². The second-order valence-electron chi connectivity index (χ2n) is 13.8. The van der Waals surface area contributed by atoms with Crippen LogP contribution in [-0.2, 0) is 23.7 Å². The topological polar surface area (TPSA) is 117 Å². The number of carbonyl (C=O) groups excluding carboxylic acids is 1. The average Bonchev–Trinajstić information content (AvgIpc) is 3.83. The molecule has 9 heteroatoms. The van der Waals surface area contributed by atoms with Crippen LogP contribution in [0.4, 0.5) is 0 Å². The summed E-state index contributed by atoms with van der Waals surface area (Å²) in [6.07, 6.45) is 16.6. The van der Waals surface area contributed by atoms with Crippen LogP contribution in [0.5, 0.6) is 0 Å². The maximum atomic E-state index is 11.4. The number of benzene rings is 2. The highest BCUT2D eigenvalue weighted by Crippen LogP contribution is 2.15. The Morgan fingerprint density at radius 1 is 0.706 bits per heavy atom. The zero-order valence-electron chi connectivity index (χ0n) is 31.7. The number of unbranched alkanes of at least 4 members (excludes halogenated alkanes) is 8. The second-order valence-corrected chi connectivity index (χ2v) is 13.8. The molecule has 2 aliphatic rings. The lowest BCUT2D eigenvalue weighted by atomic mass is 10.0. The number of ether oxygens (including phenoxy) is 4. The SMILES string of the molecule is CCCCCCCC(CCOC[C@@H]1COC(c2ccccc2)=N1)NC(C)=O.CCCCCCCC(N)CCOC[C@@H]1COC(c2ccccc2)=N1. The Morgan fingerprint density at radius 3 is 1.67 bits per heavy atom. The third-order valence-corrected chi connectivity index (χ3v) is 9.07. The first-order valence-electron chi connectivity index (χ1n) is 19.7. The third-order valence-electron chi connectivity index (χ3n) is 9.07. The Balaban J connectivity index is 0.000000277. The lowest BCUT2D eigenvalue weighted by Crippen LogP contribution is -2.34. The average molecular weight is 707 g/mol. The summed E-state index contributed by atoms with van der Waals surface area (Å²) in [6.45, 7) is 9.73. The molecule has 0 saturated carbocycles. The number of nitrogens with one attached hydrogen (secondary N) is 1. The number of hydrogen-bond acceptors (Lipinski definition) is 8. The molecule has 1 amide bonds. The number of nitrogens with two attached hydrogens (primary N) is 1. The van der Waals surface area contributed by atoms with Crippen molar-refractivity contribution in [2.24, 2.45) is 15.7 Å². The molecule has 2 aliphatic heterocycles. The number of carbonyl (C=O) groups is 1. The van der Waals surface area contributed by atoms with Crippen LogP contribution in [0.15, 0.2) is 70.6 Å². The van der Waals surface area contributed by atoms with Gasteiger partial charge in [-0.05, 0) is 49.9 Å². The number of hydrogen-bond donors (Lipinski definition) is 2. The van der Waals surface area contributed by atoms with Crippen LogP contribution in [0.3, 0.4) is 0 Å². The van der Waals surface area contributed by atoms with Crippen LogP contribution in [0.1, 0.15) is 122 Å². The molecule has 0 bridgehead atoms. The van der Waals surface area contributed by atoms with E-state index in [1.54, 1.807) is 6.92 Å². The zero-order valence-corrected chi connectivity index (χ0v) is 31.7. The molecule has 4 rings (SSSR count). The van der Waals surface area contributed by atoms with Crippen molar-refractivity contribution in [3.63, 3.8) is 0 Å². The van der Waals surface area contributed by atoms with Crippen LogP contribution in [-0.4, -0.2) is 81.5 Å². The van der Waals surface area contributed by atoms with Gasteiger partial charge in [0.1, 0.15) is 25.3 Å². The molecule has 3 N–H and O–H groups in total. The molecule has 0 radical (unpaired) electrons. The third kappa shape index (κ3) is 18.7. The van der Waals surface area contributed by atoms with Crippen molar-refractivity contribution >= 4 is 17.7 Å². The van der Waals surface area contributed by atoms with E-state index in [0.29, 0.717) is 45.5 Å². The minimum atomic E-state index is 0.0369. The van der Waals surface area contributed by atoms with Crippen molar-refractivity contribution in [3.05, 3.63) is 71.8 Å². The van der Waals surface area contributed by atoms with E-state index in [1.807, 2.05) is 60.7 Å². The standard InChI is InChI=1S/C22H34N2O3.C20H32N2O2/c1-3-4-5-6-10-13-20(23-18(2)25)14-15-26-16-21-17-27-22(24-21)19-11-8-7-9-12-19;1-2-3-4-5-9-12-18(21)13-14-23-15-19-16-24-20(22-19)17-10-7-6-8-11-17/h7-9,11-12,20-21H,3-6,10,13-17H2,1-2H3,(H,23,25);6-8,10-11,18-19H,2-5,9,12-16,21H2,1H3/t20?,21-;18?,19-/m11/s1. The van der Waals surface area contributed by atoms with Crippen LogP contribution < -0.4 is 11.1 Å². The van der Waals surface area contributed by atoms with Gasteiger partial charge in [0, 0.05) is 43.3 Å². The van der Waals surface area contributed by atoms with E-state index in [4.69, 9.17) is 24.7 Å². The Morgan fingerprint density at radius 2 is 1.18 bits per heavy atom. The van der Waals surface area contributed by atoms with Gasteiger partial charge in [0.05, 0.1) is 13.2 Å². The van der Waals surface area contributed by atoms with Gasteiger partial charge in [-0.25, -0.2) is 9.98 Å². The molecule has 0 spiro atoms. The summed E-state index contributed by atoms with van der Waals surface area (Å²) in [5.41, 5.74) is 8.19. The number of aliphatic imine (C=N–C) groups is 2. The molecule has 2 heterocycles. The molecule has 2 aromatic rings. The summed E-state index contributed by atoms with van der Waals surface area (Å²) in [4.78, 5) is 20.6. The molecule has 0 aliphatic carbocycles. The van der Waals surface area contributed by atoms with E-state index < -0.39 is 0 Å². The first-order valence-corrected chi connectivity index (χ1v) is 19.7. The van der Waals surface area contributed by atoms with Crippen molar-refractivity contribution in [1.82, 2.24) is 5.32 Å². The van der Waals surface area contributed by atoms with E-state index in [1.165, 1.54) is 57.8 Å². The molecule has 284 valence electrons. The first-order chi connectivity index (χ1) is 25.0. The van der Waals surface area contributed by atoms with Crippen molar-refractivity contribution in [2.45, 2.75) is 135 Å². The van der Waals surface area contributed by atoms with Gasteiger partial charge < -0.3 is 30.0 Å². The minimum absolute atomic E-state index is 0.0369. The molecule has 2 aromatic carbocycles. The lowest BCUT2D eigenvalue weighted by molar-refractivity contribution is -0.119. The second kappa shape index (κ2) is 26.5. The fraction of sp³-hybridized carbons (Fsp3) is 0.643. The highest BCUT2D eigenvalue weighted by molar-refractivity contribution is 5.95. The highest BCUT2D eigenvalue weighted by Gasteiger charge is 2.21. The van der Waals surface area contributed by atoms with Gasteiger partial charge in [-0.3, -0.25) is 4.79 Å². The largest absolute Gasteiger partial charge is 0.475 e. The fourth-order valence-electron chi connectivity index (χ4n) is 6.10. The summed E-state index contributed by atoms with van der Waals surface area (Å²) in [5.74, 6) is 1.47. The summed E-state index contributed by atoms with van der Waals surface area (Å²) in [6, 6.07) is 20.6. The van der Waals surface area contributed by atoms with Crippen molar-refractivity contribution in [3.8, 4) is 0 Å². The lowest BCUT2D eigenvalue weighted by Gasteiger charge is -2.18. The van der Waals surface area contributed by atoms with Gasteiger partial charge in [0.2, 0.25) is 17.7 Å². The smallest absolute Gasteiger partial charge is 0.217 e. The van der Waals surface area contributed by atoms with E-state index in [-0.39, 0.29) is 30.1 Å². The fourth-order valence-corrected chi connectivity index (χ4v) is 6.10. The molecule has 0 aromatic heterocycles. The van der Waals surface area contributed by atoms with Gasteiger partial charge in [-0.1, -0.05) is 114 Å². The summed E-state index contributed by atoms with van der Waals surface area (Å²) in [7, 11) is 0. The Labute approximate surface area is 308 Å². The van der Waals surface area contributed by atoms with Gasteiger partial charge in [0.25, 0.3) is 0 Å². The number of nitrogens with zero attached hydrogens (tertiary/aromatic N) is 2. The van der Waals surface area contributed by atoms with E-state index >= 15 is 0 Å². The molecular weight excluding hydrogens is 640 g/mol. The molecule has 0 fully saturated rings. The van der Waals surface area contributed by atoms with Crippen molar-refractivity contribution in [2.75, 3.05) is 39.6 Å². The molecule has 0 saturated heterocycles. The van der Waals surface area contributed by atoms with Gasteiger partial charge in [0.15, 0.2) is 0 Å². The molecule has 9 nitrogen and oxygen atoms in total. The number of rotatable bonds is 25. The number of amides is 1. The van der Waals surface area contributed by atoms with Crippen LogP contribution in [0.2, 0.25) is 0 Å². The predicted molar refractivity (Wildman–Crippen MR) is 209 cm³/mol. The maximum Gasteiger partial charge on any atom is 0.217 e. The molecule has 2 unspecified atom stereocenters. The Bertz CT molecular complexity index is 1240. The molecule has 4 atom stereocenters. The van der Waals surface area contributed by atoms with E-state index in [0.717, 1.165) is 49.1 Å². The monoisotopic (exact) mass is 707 g/mol.